The van der Waals surface area contributed by atoms with Gasteiger partial charge in [0.15, 0.2) is 5.69 Å². The van der Waals surface area contributed by atoms with Gasteiger partial charge in [-0.15, -0.1) is 0 Å². The Morgan fingerprint density at radius 2 is 1.96 bits per heavy atom. The van der Waals surface area contributed by atoms with Crippen LogP contribution in [0.25, 0.3) is 0 Å². The molecule has 2 aromatic rings. The van der Waals surface area contributed by atoms with E-state index >= 15 is 0 Å². The van der Waals surface area contributed by atoms with Crippen molar-refractivity contribution in [1.82, 2.24) is 15.3 Å². The van der Waals surface area contributed by atoms with E-state index in [1.54, 1.807) is 12.1 Å². The van der Waals surface area contributed by atoms with Gasteiger partial charge in [-0.2, -0.15) is 0 Å². The monoisotopic (exact) mass is 349 g/mol. The Hall–Kier alpha value is -2.67. The molecule has 0 radical (unpaired) electrons. The minimum atomic E-state index is -1.19. The number of halogens is 1. The number of ether oxygens (including phenoxy) is 1. The average molecular weight is 350 g/mol. The quantitative estimate of drug-likeness (QED) is 0.744. The molecule has 0 unspecified atom stereocenters. The smallest absolute Gasteiger partial charge is 0.356 e. The van der Waals surface area contributed by atoms with Gasteiger partial charge >= 0.3 is 5.97 Å². The number of carbonyl (C=O) groups excluding carboxylic acids is 1. The van der Waals surface area contributed by atoms with Crippen molar-refractivity contribution < 1.29 is 19.4 Å². The number of benzene rings is 1. The predicted octanol–water partition coefficient (Wildman–Crippen LogP) is 2.34. The molecule has 0 spiro atoms. The Morgan fingerprint density at radius 3 is 2.58 bits per heavy atom. The van der Waals surface area contributed by atoms with Crippen molar-refractivity contribution in [2.75, 3.05) is 13.2 Å². The predicted molar refractivity (Wildman–Crippen MR) is 87.6 cm³/mol. The van der Waals surface area contributed by atoms with Gasteiger partial charge in [0.2, 0.25) is 0 Å². The summed E-state index contributed by atoms with van der Waals surface area (Å²) in [6, 6.07) is 5.37. The topological polar surface area (TPSA) is 101 Å². The molecule has 7 nitrogen and oxygen atoms in total. The number of carbonyl (C=O) groups is 2. The maximum absolute atomic E-state index is 11.8. The molecule has 0 aliphatic heterocycles. The summed E-state index contributed by atoms with van der Waals surface area (Å²) in [6.45, 7) is 2.74. The van der Waals surface area contributed by atoms with Crippen molar-refractivity contribution in [3.63, 3.8) is 0 Å². The summed E-state index contributed by atoms with van der Waals surface area (Å²) >= 11 is 5.87. The maximum atomic E-state index is 11.8. The molecule has 1 aromatic heterocycles. The molecule has 1 aromatic carbocycles. The van der Waals surface area contributed by atoms with Crippen LogP contribution in [0.1, 0.15) is 33.0 Å². The first-order valence-electron chi connectivity index (χ1n) is 7.20. The SMILES string of the molecule is Cc1cc(Cl)ccc1OCCCNC(=O)c1cnc(C(=O)O)cn1. The van der Waals surface area contributed by atoms with Crippen LogP contribution in [-0.4, -0.2) is 40.1 Å². The second-order valence-corrected chi connectivity index (χ2v) is 5.40. The minimum Gasteiger partial charge on any atom is -0.493 e. The molecular weight excluding hydrogens is 334 g/mol. The Labute approximate surface area is 143 Å². The largest absolute Gasteiger partial charge is 0.493 e. The molecule has 0 bridgehead atoms. The third kappa shape index (κ3) is 4.92. The van der Waals surface area contributed by atoms with Gasteiger partial charge in [-0.3, -0.25) is 4.79 Å². The molecule has 2 N–H and O–H groups in total. The highest BCUT2D eigenvalue weighted by Crippen LogP contribution is 2.21. The standard InChI is InChI=1S/C16H16ClN3O4/c1-10-7-11(17)3-4-14(10)24-6-2-5-18-15(21)12-8-20-13(9-19-12)16(22)23/h3-4,7-9H,2,5-6H2,1H3,(H,18,21)(H,22,23). The minimum absolute atomic E-state index is 0.0643. The zero-order valence-electron chi connectivity index (χ0n) is 13.0. The third-order valence-corrected chi connectivity index (χ3v) is 3.34. The Morgan fingerprint density at radius 1 is 1.25 bits per heavy atom. The summed E-state index contributed by atoms with van der Waals surface area (Å²) in [4.78, 5) is 29.9. The first kappa shape index (κ1) is 17.7. The van der Waals surface area contributed by atoms with Crippen LogP contribution in [0.4, 0.5) is 0 Å². The molecule has 24 heavy (non-hydrogen) atoms. The fraction of sp³-hybridized carbons (Fsp3) is 0.250. The molecule has 0 aliphatic rings. The van der Waals surface area contributed by atoms with E-state index in [0.29, 0.717) is 24.6 Å². The van der Waals surface area contributed by atoms with E-state index in [-0.39, 0.29) is 11.4 Å². The first-order valence-corrected chi connectivity index (χ1v) is 7.57. The van der Waals surface area contributed by atoms with Crippen molar-refractivity contribution in [2.45, 2.75) is 13.3 Å². The van der Waals surface area contributed by atoms with Crippen LogP contribution in [0.5, 0.6) is 5.75 Å². The number of aromatic carboxylic acids is 1. The highest BCUT2D eigenvalue weighted by Gasteiger charge is 2.10. The van der Waals surface area contributed by atoms with E-state index in [2.05, 4.69) is 15.3 Å². The molecule has 8 heteroatoms. The lowest BCUT2D eigenvalue weighted by atomic mass is 10.2. The Kier molecular flexibility index (Phi) is 6.08. The number of aryl methyl sites for hydroxylation is 1. The van der Waals surface area contributed by atoms with Crippen LogP contribution in [-0.2, 0) is 0 Å². The highest BCUT2D eigenvalue weighted by molar-refractivity contribution is 6.30. The molecule has 2 rings (SSSR count). The van der Waals surface area contributed by atoms with Gasteiger partial charge in [0.25, 0.3) is 5.91 Å². The molecule has 0 aliphatic carbocycles. The van der Waals surface area contributed by atoms with Crippen LogP contribution in [0.3, 0.4) is 0 Å². The zero-order chi connectivity index (χ0) is 17.5. The Bertz CT molecular complexity index is 735. The summed E-state index contributed by atoms with van der Waals surface area (Å²) in [5.41, 5.74) is 0.799. The number of nitrogens with zero attached hydrogens (tertiary/aromatic N) is 2. The molecule has 1 heterocycles. The van der Waals surface area contributed by atoms with Crippen LogP contribution in [0.2, 0.25) is 5.02 Å². The average Bonchev–Trinajstić information content (AvgIpc) is 2.56. The van der Waals surface area contributed by atoms with Gasteiger partial charge in [0, 0.05) is 11.6 Å². The van der Waals surface area contributed by atoms with E-state index in [1.165, 1.54) is 0 Å². The second-order valence-electron chi connectivity index (χ2n) is 4.96. The molecule has 0 saturated heterocycles. The van der Waals surface area contributed by atoms with E-state index in [4.69, 9.17) is 21.4 Å². The summed E-state index contributed by atoms with van der Waals surface area (Å²) in [5.74, 6) is -0.855. The molecule has 0 fully saturated rings. The number of carboxylic acid groups (broad SMARTS) is 1. The summed E-state index contributed by atoms with van der Waals surface area (Å²) < 4.78 is 5.62. The fourth-order valence-electron chi connectivity index (χ4n) is 1.88. The van der Waals surface area contributed by atoms with Crippen molar-refractivity contribution in [1.29, 1.82) is 0 Å². The normalized spacial score (nSPS) is 10.2. The Balaban J connectivity index is 1.73. The lowest BCUT2D eigenvalue weighted by molar-refractivity contribution is 0.0689. The fourth-order valence-corrected chi connectivity index (χ4v) is 2.10. The summed E-state index contributed by atoms with van der Waals surface area (Å²) in [7, 11) is 0. The van der Waals surface area contributed by atoms with Crippen molar-refractivity contribution in [3.05, 3.63) is 52.6 Å². The van der Waals surface area contributed by atoms with E-state index in [0.717, 1.165) is 23.7 Å². The molecule has 0 atom stereocenters. The van der Waals surface area contributed by atoms with Gasteiger partial charge in [-0.1, -0.05) is 11.6 Å². The van der Waals surface area contributed by atoms with Crippen LogP contribution >= 0.6 is 11.6 Å². The van der Waals surface area contributed by atoms with Crippen LogP contribution in [0, 0.1) is 6.92 Å². The van der Waals surface area contributed by atoms with Crippen LogP contribution in [0.15, 0.2) is 30.6 Å². The number of amides is 1. The molecule has 1 amide bonds. The van der Waals surface area contributed by atoms with Crippen molar-refractivity contribution >= 4 is 23.5 Å². The molecular formula is C16H16ClN3O4. The van der Waals surface area contributed by atoms with Crippen molar-refractivity contribution in [2.24, 2.45) is 0 Å². The number of nitrogens with one attached hydrogen (secondary N) is 1. The second kappa shape index (κ2) is 8.26. The maximum Gasteiger partial charge on any atom is 0.356 e. The van der Waals surface area contributed by atoms with Gasteiger partial charge in [-0.25, -0.2) is 14.8 Å². The lowest BCUT2D eigenvalue weighted by Crippen LogP contribution is -2.26. The number of hydrogen-bond donors (Lipinski definition) is 2. The van der Waals surface area contributed by atoms with E-state index in [1.807, 2.05) is 13.0 Å². The van der Waals surface area contributed by atoms with Crippen LogP contribution < -0.4 is 10.1 Å². The summed E-state index contributed by atoms with van der Waals surface area (Å²) in [6.07, 6.45) is 2.78. The highest BCUT2D eigenvalue weighted by atomic mass is 35.5. The first-order chi connectivity index (χ1) is 11.5. The summed E-state index contributed by atoms with van der Waals surface area (Å²) in [5, 5.41) is 12.0. The van der Waals surface area contributed by atoms with Crippen molar-refractivity contribution in [3.8, 4) is 5.75 Å². The van der Waals surface area contributed by atoms with E-state index in [9.17, 15) is 9.59 Å². The van der Waals surface area contributed by atoms with Gasteiger partial charge in [0.05, 0.1) is 19.0 Å². The van der Waals surface area contributed by atoms with E-state index < -0.39 is 11.9 Å². The van der Waals surface area contributed by atoms with Gasteiger partial charge in [0.1, 0.15) is 11.4 Å². The number of rotatable bonds is 7. The lowest BCUT2D eigenvalue weighted by Gasteiger charge is -2.09. The van der Waals surface area contributed by atoms with Gasteiger partial charge < -0.3 is 15.2 Å². The molecule has 126 valence electrons. The van der Waals surface area contributed by atoms with Gasteiger partial charge in [-0.05, 0) is 37.1 Å². The number of carboxylic acids is 1. The number of hydrogen-bond acceptors (Lipinski definition) is 5. The third-order valence-electron chi connectivity index (χ3n) is 3.10. The zero-order valence-corrected chi connectivity index (χ0v) is 13.7. The number of aromatic nitrogens is 2. The molecule has 0 saturated carbocycles.